The third kappa shape index (κ3) is 4.08. The predicted octanol–water partition coefficient (Wildman–Crippen LogP) is 2.37. The number of sulfonamides is 1. The van der Waals surface area contributed by atoms with Crippen molar-refractivity contribution in [3.8, 4) is 0 Å². The van der Waals surface area contributed by atoms with Crippen LogP contribution in [0.3, 0.4) is 0 Å². The zero-order chi connectivity index (χ0) is 13.9. The lowest BCUT2D eigenvalue weighted by Gasteiger charge is -2.06. The number of amides is 1. The number of hydrogen-bond donors (Lipinski definition) is 2. The quantitative estimate of drug-likeness (QED) is 0.909. The molecule has 0 aliphatic rings. The fraction of sp³-hybridized carbons (Fsp3) is 0.0833. The van der Waals surface area contributed by atoms with Crippen LogP contribution in [-0.2, 0) is 10.0 Å². The molecule has 0 radical (unpaired) electrons. The second kappa shape index (κ2) is 5.41. The van der Waals surface area contributed by atoms with Gasteiger partial charge in [0.25, 0.3) is 5.91 Å². The molecule has 2 rings (SSSR count). The largest absolute Gasteiger partial charge is 0.322 e. The van der Waals surface area contributed by atoms with E-state index in [0.717, 1.165) is 6.26 Å². The Hall–Kier alpha value is -1.86. The second-order valence-electron chi connectivity index (χ2n) is 3.92. The van der Waals surface area contributed by atoms with E-state index < -0.39 is 10.0 Å². The molecule has 1 aromatic carbocycles. The van der Waals surface area contributed by atoms with Crippen LogP contribution in [0.5, 0.6) is 0 Å². The van der Waals surface area contributed by atoms with Crippen molar-refractivity contribution in [3.63, 3.8) is 0 Å². The third-order valence-corrected chi connectivity index (χ3v) is 3.52. The predicted molar refractivity (Wildman–Crippen MR) is 77.2 cm³/mol. The topological polar surface area (TPSA) is 75.3 Å². The van der Waals surface area contributed by atoms with Crippen molar-refractivity contribution in [1.82, 2.24) is 0 Å². The zero-order valence-electron chi connectivity index (χ0n) is 10.1. The molecule has 1 heterocycles. The first kappa shape index (κ1) is 13.6. The Balaban J connectivity index is 2.05. The molecule has 7 heteroatoms. The lowest BCUT2D eigenvalue weighted by atomic mass is 10.2. The summed E-state index contributed by atoms with van der Waals surface area (Å²) in [5.74, 6) is -0.190. The molecule has 0 bridgehead atoms. The molecule has 0 saturated carbocycles. The number of hydrogen-bond acceptors (Lipinski definition) is 4. The van der Waals surface area contributed by atoms with Crippen LogP contribution in [0.25, 0.3) is 0 Å². The molecule has 1 aromatic heterocycles. The van der Waals surface area contributed by atoms with Gasteiger partial charge in [-0.25, -0.2) is 8.42 Å². The fourth-order valence-corrected chi connectivity index (χ4v) is 2.63. The first-order chi connectivity index (χ1) is 8.94. The first-order valence-electron chi connectivity index (χ1n) is 5.35. The van der Waals surface area contributed by atoms with E-state index in [4.69, 9.17) is 0 Å². The average Bonchev–Trinajstić information content (AvgIpc) is 2.83. The van der Waals surface area contributed by atoms with Crippen molar-refractivity contribution in [2.45, 2.75) is 0 Å². The highest BCUT2D eigenvalue weighted by Gasteiger charge is 2.06. The van der Waals surface area contributed by atoms with Gasteiger partial charge in [-0.1, -0.05) is 0 Å². The Kier molecular flexibility index (Phi) is 3.87. The Morgan fingerprint density at radius 2 is 1.74 bits per heavy atom. The Morgan fingerprint density at radius 3 is 2.26 bits per heavy atom. The van der Waals surface area contributed by atoms with Gasteiger partial charge in [-0.05, 0) is 35.7 Å². The van der Waals surface area contributed by atoms with Crippen LogP contribution in [0.15, 0.2) is 41.1 Å². The Morgan fingerprint density at radius 1 is 1.11 bits per heavy atom. The average molecular weight is 296 g/mol. The van der Waals surface area contributed by atoms with Crippen LogP contribution in [0.4, 0.5) is 11.4 Å². The van der Waals surface area contributed by atoms with Crippen molar-refractivity contribution in [2.24, 2.45) is 0 Å². The molecule has 0 spiro atoms. The van der Waals surface area contributed by atoms with E-state index in [9.17, 15) is 13.2 Å². The van der Waals surface area contributed by atoms with Gasteiger partial charge in [-0.15, -0.1) is 0 Å². The number of carbonyl (C=O) groups is 1. The lowest BCUT2D eigenvalue weighted by Crippen LogP contribution is -2.11. The minimum absolute atomic E-state index is 0.190. The summed E-state index contributed by atoms with van der Waals surface area (Å²) in [5, 5.41) is 6.31. The van der Waals surface area contributed by atoms with Gasteiger partial charge in [-0.3, -0.25) is 9.52 Å². The molecule has 1 amide bonds. The van der Waals surface area contributed by atoms with Crippen LogP contribution < -0.4 is 10.0 Å². The van der Waals surface area contributed by atoms with Crippen molar-refractivity contribution < 1.29 is 13.2 Å². The highest BCUT2D eigenvalue weighted by molar-refractivity contribution is 7.92. The summed E-state index contributed by atoms with van der Waals surface area (Å²) < 4.78 is 24.4. The van der Waals surface area contributed by atoms with Crippen LogP contribution in [-0.4, -0.2) is 20.6 Å². The molecule has 100 valence electrons. The van der Waals surface area contributed by atoms with E-state index in [1.165, 1.54) is 11.3 Å². The maximum atomic E-state index is 11.8. The van der Waals surface area contributed by atoms with Crippen LogP contribution in [0.1, 0.15) is 10.4 Å². The summed E-state index contributed by atoms with van der Waals surface area (Å²) in [6.07, 6.45) is 1.08. The number of thiophene rings is 1. The smallest absolute Gasteiger partial charge is 0.256 e. The van der Waals surface area contributed by atoms with E-state index in [-0.39, 0.29) is 5.91 Å². The summed E-state index contributed by atoms with van der Waals surface area (Å²) in [6.45, 7) is 0. The molecule has 0 saturated heterocycles. The highest BCUT2D eigenvalue weighted by Crippen LogP contribution is 2.16. The van der Waals surface area contributed by atoms with Crippen molar-refractivity contribution in [1.29, 1.82) is 0 Å². The minimum Gasteiger partial charge on any atom is -0.322 e. The SMILES string of the molecule is CS(=O)(=O)Nc1ccc(NC(=O)c2ccsc2)cc1. The highest BCUT2D eigenvalue weighted by atomic mass is 32.2. The molecule has 19 heavy (non-hydrogen) atoms. The molecule has 0 aliphatic carbocycles. The summed E-state index contributed by atoms with van der Waals surface area (Å²) in [6, 6.07) is 8.18. The van der Waals surface area contributed by atoms with E-state index in [2.05, 4.69) is 10.0 Å². The molecular weight excluding hydrogens is 284 g/mol. The van der Waals surface area contributed by atoms with Crippen LogP contribution >= 0.6 is 11.3 Å². The van der Waals surface area contributed by atoms with E-state index in [1.54, 1.807) is 35.7 Å². The molecule has 2 N–H and O–H groups in total. The zero-order valence-corrected chi connectivity index (χ0v) is 11.7. The summed E-state index contributed by atoms with van der Waals surface area (Å²) in [4.78, 5) is 11.8. The summed E-state index contributed by atoms with van der Waals surface area (Å²) in [7, 11) is -3.28. The standard InChI is InChI=1S/C12H12N2O3S2/c1-19(16,17)14-11-4-2-10(3-5-11)13-12(15)9-6-7-18-8-9/h2-8,14H,1H3,(H,13,15). The number of rotatable bonds is 4. The normalized spacial score (nSPS) is 11.0. The number of carbonyl (C=O) groups excluding carboxylic acids is 1. The van der Waals surface area contributed by atoms with Gasteiger partial charge in [0, 0.05) is 16.8 Å². The second-order valence-corrected chi connectivity index (χ2v) is 6.45. The molecule has 0 fully saturated rings. The van der Waals surface area contributed by atoms with Crippen molar-refractivity contribution in [3.05, 3.63) is 46.7 Å². The van der Waals surface area contributed by atoms with Crippen molar-refractivity contribution in [2.75, 3.05) is 16.3 Å². The monoisotopic (exact) mass is 296 g/mol. The van der Waals surface area contributed by atoms with Crippen LogP contribution in [0.2, 0.25) is 0 Å². The van der Waals surface area contributed by atoms with E-state index in [1.807, 2.05) is 5.38 Å². The molecule has 2 aromatic rings. The molecule has 0 atom stereocenters. The lowest BCUT2D eigenvalue weighted by molar-refractivity contribution is 0.102. The Labute approximate surface area is 115 Å². The van der Waals surface area contributed by atoms with Gasteiger partial charge in [0.05, 0.1) is 11.8 Å². The van der Waals surface area contributed by atoms with E-state index >= 15 is 0 Å². The number of anilines is 2. The van der Waals surface area contributed by atoms with Gasteiger partial charge in [0.1, 0.15) is 0 Å². The maximum Gasteiger partial charge on any atom is 0.256 e. The van der Waals surface area contributed by atoms with Gasteiger partial charge in [0.15, 0.2) is 0 Å². The Bertz CT molecular complexity index is 662. The molecule has 0 unspecified atom stereocenters. The first-order valence-corrected chi connectivity index (χ1v) is 8.19. The number of benzene rings is 1. The van der Waals surface area contributed by atoms with Crippen molar-refractivity contribution >= 4 is 38.6 Å². The maximum absolute atomic E-state index is 11.8. The van der Waals surface area contributed by atoms with Gasteiger partial charge < -0.3 is 5.32 Å². The fourth-order valence-electron chi connectivity index (χ4n) is 1.43. The summed E-state index contributed by atoms with van der Waals surface area (Å²) >= 11 is 1.45. The number of nitrogens with one attached hydrogen (secondary N) is 2. The molecular formula is C12H12N2O3S2. The molecule has 0 aliphatic heterocycles. The van der Waals surface area contributed by atoms with Gasteiger partial charge in [0.2, 0.25) is 10.0 Å². The van der Waals surface area contributed by atoms with Gasteiger partial charge >= 0.3 is 0 Å². The molecule has 5 nitrogen and oxygen atoms in total. The minimum atomic E-state index is -3.28. The van der Waals surface area contributed by atoms with Gasteiger partial charge in [-0.2, -0.15) is 11.3 Å². The summed E-state index contributed by atoms with van der Waals surface area (Å²) in [5.41, 5.74) is 1.66. The third-order valence-electron chi connectivity index (χ3n) is 2.23. The van der Waals surface area contributed by atoms with Crippen LogP contribution in [0, 0.1) is 0 Å². The van der Waals surface area contributed by atoms with E-state index in [0.29, 0.717) is 16.9 Å².